The number of rotatable bonds is 6. The minimum Gasteiger partial charge on any atom is -0.490 e. The predicted molar refractivity (Wildman–Crippen MR) is 101 cm³/mol. The Morgan fingerprint density at radius 3 is 2.63 bits per heavy atom. The Kier molecular flexibility index (Phi) is 5.76. The molecule has 5 nitrogen and oxygen atoms in total. The van der Waals surface area contributed by atoms with Crippen LogP contribution in [0.2, 0.25) is 5.02 Å². The second kappa shape index (κ2) is 8.22. The third-order valence-electron chi connectivity index (χ3n) is 3.65. The van der Waals surface area contributed by atoms with E-state index in [1.165, 1.54) is 18.2 Å². The fourth-order valence-electron chi connectivity index (χ4n) is 2.54. The Morgan fingerprint density at radius 2 is 1.93 bits per heavy atom. The zero-order valence-corrected chi connectivity index (χ0v) is 15.5. The molecule has 1 aliphatic rings. The molecule has 2 aromatic rings. The van der Waals surface area contributed by atoms with Gasteiger partial charge in [-0.15, -0.1) is 0 Å². The highest BCUT2D eigenvalue weighted by Gasteiger charge is 2.26. The minimum atomic E-state index is -0.670. The Balaban J connectivity index is 1.98. The van der Waals surface area contributed by atoms with Crippen LogP contribution in [0.25, 0.3) is 6.08 Å². The molecule has 0 saturated carbocycles. The van der Waals surface area contributed by atoms with Crippen LogP contribution in [0.5, 0.6) is 11.5 Å². The number of carbonyl (C=O) groups is 1. The molecule has 0 fully saturated rings. The number of carbonyl (C=O) groups excluding carboxylic acids is 1. The number of cyclic esters (lactones) is 1. The number of esters is 1. The van der Waals surface area contributed by atoms with Gasteiger partial charge in [-0.2, -0.15) is 0 Å². The van der Waals surface area contributed by atoms with E-state index in [1.807, 2.05) is 13.8 Å². The molecule has 0 unspecified atom stereocenters. The first-order valence-electron chi connectivity index (χ1n) is 8.40. The van der Waals surface area contributed by atoms with Crippen molar-refractivity contribution in [2.75, 3.05) is 13.2 Å². The van der Waals surface area contributed by atoms with Crippen molar-refractivity contribution in [1.82, 2.24) is 0 Å². The summed E-state index contributed by atoms with van der Waals surface area (Å²) in [7, 11) is 0. The van der Waals surface area contributed by atoms with E-state index in [1.54, 1.807) is 24.3 Å². The summed E-state index contributed by atoms with van der Waals surface area (Å²) < 4.78 is 30.1. The molecule has 1 aliphatic heterocycles. The number of halogens is 2. The van der Waals surface area contributed by atoms with Crippen LogP contribution >= 0.6 is 11.6 Å². The second-order valence-corrected chi connectivity index (χ2v) is 5.92. The third-order valence-corrected chi connectivity index (χ3v) is 3.93. The highest BCUT2D eigenvalue weighted by molar-refractivity contribution is 6.32. The molecule has 0 atom stereocenters. The molecule has 0 bridgehead atoms. The van der Waals surface area contributed by atoms with Crippen LogP contribution in [-0.2, 0) is 9.53 Å². The van der Waals surface area contributed by atoms with Gasteiger partial charge in [0.1, 0.15) is 5.82 Å². The molecule has 0 saturated heterocycles. The van der Waals surface area contributed by atoms with Crippen LogP contribution in [0.15, 0.2) is 47.1 Å². The van der Waals surface area contributed by atoms with Gasteiger partial charge in [0.25, 0.3) is 0 Å². The van der Waals surface area contributed by atoms with Crippen molar-refractivity contribution in [3.63, 3.8) is 0 Å². The van der Waals surface area contributed by atoms with Crippen molar-refractivity contribution < 1.29 is 23.4 Å². The van der Waals surface area contributed by atoms with E-state index in [0.29, 0.717) is 35.3 Å². The first kappa shape index (κ1) is 18.9. The van der Waals surface area contributed by atoms with Gasteiger partial charge in [-0.1, -0.05) is 23.7 Å². The summed E-state index contributed by atoms with van der Waals surface area (Å²) in [6, 6.07) is 9.27. The van der Waals surface area contributed by atoms with Gasteiger partial charge in [-0.25, -0.2) is 14.2 Å². The smallest absolute Gasteiger partial charge is 0.363 e. The lowest BCUT2D eigenvalue weighted by Gasteiger charge is -2.13. The van der Waals surface area contributed by atoms with Crippen LogP contribution in [0, 0.1) is 5.82 Å². The molecule has 0 amide bonds. The summed E-state index contributed by atoms with van der Waals surface area (Å²) in [5, 5.41) is 0.347. The van der Waals surface area contributed by atoms with E-state index in [4.69, 9.17) is 25.8 Å². The number of hydrogen-bond acceptors (Lipinski definition) is 5. The Labute approximate surface area is 161 Å². The summed E-state index contributed by atoms with van der Waals surface area (Å²) in [4.78, 5) is 16.2. The van der Waals surface area contributed by atoms with Crippen molar-refractivity contribution in [2.45, 2.75) is 13.8 Å². The monoisotopic (exact) mass is 389 g/mol. The van der Waals surface area contributed by atoms with Crippen molar-refractivity contribution in [3.8, 4) is 11.5 Å². The highest BCUT2D eigenvalue weighted by Crippen LogP contribution is 2.37. The Morgan fingerprint density at radius 1 is 1.19 bits per heavy atom. The number of hydrogen-bond donors (Lipinski definition) is 0. The summed E-state index contributed by atoms with van der Waals surface area (Å²) in [5.74, 6) is -0.369. The SMILES string of the molecule is CCOc1cc(/C=C2\N=C(c3ccccc3F)OC2=O)cc(Cl)c1OCC. The van der Waals surface area contributed by atoms with E-state index in [2.05, 4.69) is 4.99 Å². The summed E-state index contributed by atoms with van der Waals surface area (Å²) in [6.45, 7) is 4.54. The molecule has 0 aromatic heterocycles. The maximum atomic E-state index is 13.9. The Bertz CT molecular complexity index is 940. The lowest BCUT2D eigenvalue weighted by molar-refractivity contribution is -0.129. The van der Waals surface area contributed by atoms with E-state index in [9.17, 15) is 9.18 Å². The second-order valence-electron chi connectivity index (χ2n) is 5.51. The summed E-state index contributed by atoms with van der Waals surface area (Å²) in [5.41, 5.74) is 0.738. The largest absolute Gasteiger partial charge is 0.490 e. The maximum absolute atomic E-state index is 13.9. The van der Waals surface area contributed by atoms with Gasteiger partial charge in [-0.3, -0.25) is 0 Å². The molecule has 7 heteroatoms. The number of aliphatic imine (C=N–C) groups is 1. The van der Waals surface area contributed by atoms with Gasteiger partial charge >= 0.3 is 5.97 Å². The van der Waals surface area contributed by atoms with Crippen LogP contribution in [0.1, 0.15) is 25.0 Å². The van der Waals surface area contributed by atoms with E-state index in [0.717, 1.165) is 0 Å². The summed E-state index contributed by atoms with van der Waals surface area (Å²) >= 11 is 6.28. The topological polar surface area (TPSA) is 57.1 Å². The van der Waals surface area contributed by atoms with Gasteiger partial charge in [0.05, 0.1) is 23.8 Å². The van der Waals surface area contributed by atoms with Gasteiger partial charge in [0.2, 0.25) is 5.90 Å². The standard InChI is InChI=1S/C20H17ClFNO4/c1-3-25-17-11-12(9-14(21)18(17)26-4-2)10-16-20(24)27-19(23-16)13-7-5-6-8-15(13)22/h5-11H,3-4H2,1-2H3/b16-10-. The maximum Gasteiger partial charge on any atom is 0.363 e. The molecule has 140 valence electrons. The molecule has 0 aliphatic carbocycles. The van der Waals surface area contributed by atoms with Crippen LogP contribution < -0.4 is 9.47 Å². The Hall–Kier alpha value is -2.86. The van der Waals surface area contributed by atoms with E-state index in [-0.39, 0.29) is 17.2 Å². The number of nitrogens with zero attached hydrogens (tertiary/aromatic N) is 1. The first-order chi connectivity index (χ1) is 13.0. The molecule has 0 radical (unpaired) electrons. The predicted octanol–water partition coefficient (Wildman–Crippen LogP) is 4.62. The highest BCUT2D eigenvalue weighted by atomic mass is 35.5. The lowest BCUT2D eigenvalue weighted by atomic mass is 10.1. The summed E-state index contributed by atoms with van der Waals surface area (Å²) in [6.07, 6.45) is 1.50. The minimum absolute atomic E-state index is 0.0379. The number of ether oxygens (including phenoxy) is 3. The van der Waals surface area contributed by atoms with Crippen molar-refractivity contribution in [2.24, 2.45) is 4.99 Å². The van der Waals surface area contributed by atoms with Crippen LogP contribution in [0.3, 0.4) is 0 Å². The molecule has 3 rings (SSSR count). The average Bonchev–Trinajstić information content (AvgIpc) is 2.99. The first-order valence-corrected chi connectivity index (χ1v) is 8.77. The number of benzene rings is 2. The van der Waals surface area contributed by atoms with E-state index >= 15 is 0 Å². The molecular weight excluding hydrogens is 373 g/mol. The normalized spacial score (nSPS) is 14.9. The molecule has 27 heavy (non-hydrogen) atoms. The zero-order valence-electron chi connectivity index (χ0n) is 14.8. The third kappa shape index (κ3) is 4.11. The quantitative estimate of drug-likeness (QED) is 0.534. The lowest BCUT2D eigenvalue weighted by Crippen LogP contribution is -2.07. The molecular formula is C20H17ClFNO4. The fraction of sp³-hybridized carbons (Fsp3) is 0.200. The van der Waals surface area contributed by atoms with Crippen LogP contribution in [-0.4, -0.2) is 25.1 Å². The molecule has 1 heterocycles. The van der Waals surface area contributed by atoms with Gasteiger partial charge in [0, 0.05) is 0 Å². The van der Waals surface area contributed by atoms with Gasteiger partial charge in [-0.05, 0) is 49.8 Å². The fourth-order valence-corrected chi connectivity index (χ4v) is 2.81. The van der Waals surface area contributed by atoms with E-state index < -0.39 is 11.8 Å². The molecule has 0 spiro atoms. The zero-order chi connectivity index (χ0) is 19.4. The average molecular weight is 390 g/mol. The van der Waals surface area contributed by atoms with Crippen molar-refractivity contribution in [3.05, 3.63) is 64.1 Å². The van der Waals surface area contributed by atoms with Gasteiger partial charge in [0.15, 0.2) is 17.2 Å². The van der Waals surface area contributed by atoms with Crippen molar-refractivity contribution in [1.29, 1.82) is 0 Å². The molecule has 2 aromatic carbocycles. The van der Waals surface area contributed by atoms with Crippen molar-refractivity contribution >= 4 is 29.5 Å². The molecule has 0 N–H and O–H groups in total. The van der Waals surface area contributed by atoms with Crippen LogP contribution in [0.4, 0.5) is 4.39 Å². The van der Waals surface area contributed by atoms with Gasteiger partial charge < -0.3 is 14.2 Å².